The largest absolute Gasteiger partial charge is 0.508 e. The number of benzene rings is 2. The number of amides is 3. The summed E-state index contributed by atoms with van der Waals surface area (Å²) in [7, 11) is 0. The molecule has 4 rings (SSSR count). The fourth-order valence-corrected chi connectivity index (χ4v) is 4.55. The average molecular weight is 468 g/mol. The van der Waals surface area contributed by atoms with Crippen LogP contribution >= 0.6 is 0 Å². The monoisotopic (exact) mass is 467 g/mol. The Morgan fingerprint density at radius 3 is 2.32 bits per heavy atom. The molecule has 2 aliphatic rings. The number of piperazine rings is 1. The van der Waals surface area contributed by atoms with Crippen LogP contribution in [0.25, 0.3) is 0 Å². The van der Waals surface area contributed by atoms with Crippen LogP contribution in [-0.4, -0.2) is 67.8 Å². The van der Waals surface area contributed by atoms with Gasteiger partial charge < -0.3 is 20.0 Å². The number of fused-ring (bicyclic) bond motifs is 1. The molecule has 2 heterocycles. The van der Waals surface area contributed by atoms with Crippen molar-refractivity contribution in [3.63, 3.8) is 0 Å². The van der Waals surface area contributed by atoms with Gasteiger partial charge in [0.05, 0.1) is 6.54 Å². The van der Waals surface area contributed by atoms with E-state index in [4.69, 9.17) is 4.84 Å². The second-order valence-corrected chi connectivity index (χ2v) is 9.15. The van der Waals surface area contributed by atoms with Gasteiger partial charge in [-0.3, -0.25) is 14.4 Å². The minimum absolute atomic E-state index is 0.00619. The highest BCUT2D eigenvalue weighted by Crippen LogP contribution is 2.31. The van der Waals surface area contributed by atoms with E-state index in [1.807, 2.05) is 44.2 Å². The number of hydroxylamine groups is 2. The Labute approximate surface area is 198 Å². The molecule has 3 atom stereocenters. The normalized spacial score (nSPS) is 22.8. The SMILES string of the molecule is CC(C)CC1ON(C(=O)O)C2CN(Cc3ccccc3)C(=O)C(Cc3ccc(O)cc3)N2C1=O. The molecule has 0 bridgehead atoms. The van der Waals surface area contributed by atoms with Crippen molar-refractivity contribution in [3.8, 4) is 5.75 Å². The summed E-state index contributed by atoms with van der Waals surface area (Å²) in [5.74, 6) is -0.449. The lowest BCUT2D eigenvalue weighted by molar-refractivity contribution is -0.267. The van der Waals surface area contributed by atoms with Crippen molar-refractivity contribution >= 4 is 17.9 Å². The maximum absolute atomic E-state index is 13.7. The Kier molecular flexibility index (Phi) is 6.74. The number of phenols is 1. The van der Waals surface area contributed by atoms with E-state index in [-0.39, 0.29) is 43.0 Å². The van der Waals surface area contributed by atoms with Gasteiger partial charge in [0.25, 0.3) is 5.91 Å². The first-order valence-corrected chi connectivity index (χ1v) is 11.4. The highest BCUT2D eigenvalue weighted by molar-refractivity contribution is 5.92. The second kappa shape index (κ2) is 9.72. The first kappa shape index (κ1) is 23.6. The summed E-state index contributed by atoms with van der Waals surface area (Å²) in [5, 5.41) is 20.4. The van der Waals surface area contributed by atoms with Crippen molar-refractivity contribution in [1.29, 1.82) is 0 Å². The third-order valence-electron chi connectivity index (χ3n) is 6.13. The van der Waals surface area contributed by atoms with Crippen molar-refractivity contribution in [1.82, 2.24) is 14.9 Å². The van der Waals surface area contributed by atoms with Gasteiger partial charge in [0, 0.05) is 13.0 Å². The molecule has 2 N–H and O–H groups in total. The van der Waals surface area contributed by atoms with E-state index in [1.165, 1.54) is 17.0 Å². The lowest BCUT2D eigenvalue weighted by Gasteiger charge is -2.52. The summed E-state index contributed by atoms with van der Waals surface area (Å²) in [5.41, 5.74) is 1.65. The van der Waals surface area contributed by atoms with Gasteiger partial charge in [-0.1, -0.05) is 56.3 Å². The molecule has 2 aromatic carbocycles. The number of aromatic hydroxyl groups is 1. The molecule has 2 aliphatic heterocycles. The van der Waals surface area contributed by atoms with E-state index in [1.54, 1.807) is 17.0 Å². The van der Waals surface area contributed by atoms with Gasteiger partial charge in [0.15, 0.2) is 12.3 Å². The number of carbonyl (C=O) groups is 3. The molecular weight excluding hydrogens is 438 g/mol. The van der Waals surface area contributed by atoms with Crippen LogP contribution in [0.2, 0.25) is 0 Å². The van der Waals surface area contributed by atoms with Crippen molar-refractivity contribution in [2.45, 2.75) is 51.5 Å². The van der Waals surface area contributed by atoms with Crippen LogP contribution in [0, 0.1) is 5.92 Å². The molecule has 3 amide bonds. The van der Waals surface area contributed by atoms with Crippen molar-refractivity contribution in [2.75, 3.05) is 6.54 Å². The molecule has 0 saturated carbocycles. The molecule has 0 spiro atoms. The highest BCUT2D eigenvalue weighted by Gasteiger charge is 2.53. The number of hydrogen-bond acceptors (Lipinski definition) is 5. The van der Waals surface area contributed by atoms with Gasteiger partial charge in [-0.2, -0.15) is 5.06 Å². The van der Waals surface area contributed by atoms with Gasteiger partial charge in [-0.15, -0.1) is 0 Å². The van der Waals surface area contributed by atoms with Gasteiger partial charge in [0.2, 0.25) is 5.91 Å². The van der Waals surface area contributed by atoms with Gasteiger partial charge in [-0.05, 0) is 35.6 Å². The quantitative estimate of drug-likeness (QED) is 0.676. The lowest BCUT2D eigenvalue weighted by Crippen LogP contribution is -2.73. The van der Waals surface area contributed by atoms with E-state index < -0.39 is 24.4 Å². The average Bonchev–Trinajstić information content (AvgIpc) is 2.80. The summed E-state index contributed by atoms with van der Waals surface area (Å²) in [6.07, 6.45) is -2.73. The van der Waals surface area contributed by atoms with Crippen LogP contribution < -0.4 is 0 Å². The van der Waals surface area contributed by atoms with E-state index in [0.717, 1.165) is 16.2 Å². The lowest BCUT2D eigenvalue weighted by atomic mass is 9.96. The Hall–Kier alpha value is -3.59. The number of nitrogens with zero attached hydrogens (tertiary/aromatic N) is 3. The van der Waals surface area contributed by atoms with Gasteiger partial charge in [0.1, 0.15) is 11.8 Å². The maximum Gasteiger partial charge on any atom is 0.433 e. The molecule has 0 aliphatic carbocycles. The van der Waals surface area contributed by atoms with Crippen LogP contribution in [0.3, 0.4) is 0 Å². The molecule has 2 aromatic rings. The van der Waals surface area contributed by atoms with Crippen LogP contribution in [-0.2, 0) is 27.4 Å². The third kappa shape index (κ3) is 4.84. The van der Waals surface area contributed by atoms with Crippen LogP contribution in [0.15, 0.2) is 54.6 Å². The summed E-state index contributed by atoms with van der Waals surface area (Å²) >= 11 is 0. The number of carbonyl (C=O) groups excluding carboxylic acids is 2. The van der Waals surface area contributed by atoms with Gasteiger partial charge in [-0.25, -0.2) is 4.79 Å². The molecule has 180 valence electrons. The molecule has 2 fully saturated rings. The Morgan fingerprint density at radius 1 is 1.03 bits per heavy atom. The maximum atomic E-state index is 13.7. The highest BCUT2D eigenvalue weighted by atomic mass is 16.7. The predicted molar refractivity (Wildman–Crippen MR) is 122 cm³/mol. The zero-order chi connectivity index (χ0) is 24.4. The van der Waals surface area contributed by atoms with E-state index >= 15 is 0 Å². The molecule has 9 nitrogen and oxygen atoms in total. The molecule has 0 radical (unpaired) electrons. The number of hydrogen-bond donors (Lipinski definition) is 2. The summed E-state index contributed by atoms with van der Waals surface area (Å²) in [6.45, 7) is 4.13. The second-order valence-electron chi connectivity index (χ2n) is 9.15. The van der Waals surface area contributed by atoms with E-state index in [9.17, 15) is 24.6 Å². The molecule has 9 heteroatoms. The fourth-order valence-electron chi connectivity index (χ4n) is 4.55. The minimum atomic E-state index is -1.31. The topological polar surface area (TPSA) is 111 Å². The number of carboxylic acid groups (broad SMARTS) is 1. The minimum Gasteiger partial charge on any atom is -0.508 e. The van der Waals surface area contributed by atoms with Gasteiger partial charge >= 0.3 is 6.09 Å². The first-order chi connectivity index (χ1) is 16.2. The molecular formula is C25H29N3O6. The summed E-state index contributed by atoms with van der Waals surface area (Å²) < 4.78 is 0. The van der Waals surface area contributed by atoms with Crippen LogP contribution in [0.5, 0.6) is 5.75 Å². The fraction of sp³-hybridized carbons (Fsp3) is 0.400. The smallest absolute Gasteiger partial charge is 0.433 e. The van der Waals surface area contributed by atoms with Crippen molar-refractivity contribution in [2.24, 2.45) is 5.92 Å². The standard InChI is InChI=1S/C25H29N3O6/c1-16(2)12-21-24(31)27-20(13-17-8-10-19(29)11-9-17)23(30)26(14-18-6-4-3-5-7-18)15-22(27)28(34-21)25(32)33/h3-11,16,20-22,29H,12-15H2,1-2H3,(H,32,33). The molecule has 34 heavy (non-hydrogen) atoms. The van der Waals surface area contributed by atoms with E-state index in [0.29, 0.717) is 6.42 Å². The number of phenolic OH excluding ortho intramolecular Hbond substituents is 1. The Bertz CT molecular complexity index is 1040. The van der Waals surface area contributed by atoms with Crippen LogP contribution in [0.1, 0.15) is 31.4 Å². The molecule has 2 saturated heterocycles. The molecule has 3 unspecified atom stereocenters. The Balaban J connectivity index is 1.71. The van der Waals surface area contributed by atoms with Crippen molar-refractivity contribution in [3.05, 3.63) is 65.7 Å². The number of rotatable bonds is 6. The molecule has 0 aromatic heterocycles. The summed E-state index contributed by atoms with van der Waals surface area (Å²) in [6, 6.07) is 14.9. The predicted octanol–water partition coefficient (Wildman–Crippen LogP) is 2.84. The Morgan fingerprint density at radius 2 is 1.71 bits per heavy atom. The van der Waals surface area contributed by atoms with E-state index in [2.05, 4.69) is 0 Å². The zero-order valence-corrected chi connectivity index (χ0v) is 19.2. The van der Waals surface area contributed by atoms with Crippen molar-refractivity contribution < 1.29 is 29.4 Å². The third-order valence-corrected chi connectivity index (χ3v) is 6.13. The summed E-state index contributed by atoms with van der Waals surface area (Å²) in [4.78, 5) is 47.9. The first-order valence-electron chi connectivity index (χ1n) is 11.4. The zero-order valence-electron chi connectivity index (χ0n) is 19.2. The van der Waals surface area contributed by atoms with Crippen LogP contribution in [0.4, 0.5) is 4.79 Å².